The first-order valence-corrected chi connectivity index (χ1v) is 7.64. The van der Waals surface area contributed by atoms with E-state index in [0.29, 0.717) is 0 Å². The lowest BCUT2D eigenvalue weighted by Gasteiger charge is -2.11. The SMILES string of the molecule is Cc1nn(-c2ccccc2)c(SCCN(C)C)c1CO. The molecular weight excluding hydrogens is 270 g/mol. The molecule has 0 spiro atoms. The van der Waals surface area contributed by atoms with Crippen LogP contribution in [0.5, 0.6) is 0 Å². The Labute approximate surface area is 124 Å². The van der Waals surface area contributed by atoms with Crippen LogP contribution < -0.4 is 0 Å². The van der Waals surface area contributed by atoms with E-state index < -0.39 is 0 Å². The number of aliphatic hydroxyl groups excluding tert-OH is 1. The predicted molar refractivity (Wildman–Crippen MR) is 83.5 cm³/mol. The molecule has 1 N–H and O–H groups in total. The Balaban J connectivity index is 2.31. The summed E-state index contributed by atoms with van der Waals surface area (Å²) in [6.45, 7) is 2.97. The lowest BCUT2D eigenvalue weighted by Crippen LogP contribution is -2.15. The molecule has 2 rings (SSSR count). The van der Waals surface area contributed by atoms with Crippen LogP contribution in [0.15, 0.2) is 35.4 Å². The first-order chi connectivity index (χ1) is 9.63. The van der Waals surface area contributed by atoms with Crippen LogP contribution in [-0.2, 0) is 6.61 Å². The number of rotatable bonds is 6. The predicted octanol–water partition coefficient (Wildman–Crippen LogP) is 2.33. The van der Waals surface area contributed by atoms with Crippen LogP contribution in [0.25, 0.3) is 5.69 Å². The molecule has 1 aromatic carbocycles. The Morgan fingerprint density at radius 3 is 2.55 bits per heavy atom. The first-order valence-electron chi connectivity index (χ1n) is 6.65. The number of aliphatic hydroxyl groups is 1. The topological polar surface area (TPSA) is 41.3 Å². The molecule has 0 atom stereocenters. The van der Waals surface area contributed by atoms with Gasteiger partial charge in [0.05, 0.1) is 18.0 Å². The van der Waals surface area contributed by atoms with Gasteiger partial charge < -0.3 is 10.0 Å². The minimum absolute atomic E-state index is 0.0307. The van der Waals surface area contributed by atoms with Gasteiger partial charge in [-0.2, -0.15) is 5.10 Å². The van der Waals surface area contributed by atoms with E-state index in [4.69, 9.17) is 0 Å². The summed E-state index contributed by atoms with van der Waals surface area (Å²) in [4.78, 5) is 2.15. The van der Waals surface area contributed by atoms with Crippen molar-refractivity contribution in [3.05, 3.63) is 41.6 Å². The van der Waals surface area contributed by atoms with Gasteiger partial charge in [0.2, 0.25) is 0 Å². The van der Waals surface area contributed by atoms with Gasteiger partial charge in [0, 0.05) is 17.9 Å². The maximum absolute atomic E-state index is 9.59. The van der Waals surface area contributed by atoms with Crippen molar-refractivity contribution in [3.8, 4) is 5.69 Å². The summed E-state index contributed by atoms with van der Waals surface area (Å²) in [7, 11) is 4.13. The highest BCUT2D eigenvalue weighted by Crippen LogP contribution is 2.28. The highest BCUT2D eigenvalue weighted by atomic mass is 32.2. The molecule has 0 radical (unpaired) electrons. The summed E-state index contributed by atoms with van der Waals surface area (Å²) in [5, 5.41) is 15.2. The zero-order valence-corrected chi connectivity index (χ0v) is 13.0. The third-order valence-electron chi connectivity index (χ3n) is 3.07. The van der Waals surface area contributed by atoms with E-state index in [0.717, 1.165) is 34.3 Å². The molecule has 108 valence electrons. The molecule has 0 saturated heterocycles. The van der Waals surface area contributed by atoms with Crippen LogP contribution in [0.4, 0.5) is 0 Å². The highest BCUT2D eigenvalue weighted by molar-refractivity contribution is 7.99. The fourth-order valence-corrected chi connectivity index (χ4v) is 3.24. The van der Waals surface area contributed by atoms with E-state index in [1.807, 2.05) is 41.9 Å². The van der Waals surface area contributed by atoms with Crippen LogP contribution in [0.3, 0.4) is 0 Å². The van der Waals surface area contributed by atoms with Gasteiger partial charge >= 0.3 is 0 Å². The molecule has 0 bridgehead atoms. The average molecular weight is 291 g/mol. The normalized spacial score (nSPS) is 11.2. The third kappa shape index (κ3) is 3.42. The Kier molecular flexibility index (Phi) is 5.23. The molecule has 5 heteroatoms. The average Bonchev–Trinajstić information content (AvgIpc) is 2.75. The number of benzene rings is 1. The zero-order chi connectivity index (χ0) is 14.5. The monoisotopic (exact) mass is 291 g/mol. The standard InChI is InChI=1S/C15H21N3OS/c1-12-14(11-19)15(20-10-9-17(2)3)18(16-12)13-7-5-4-6-8-13/h4-8,19H,9-11H2,1-3H3. The Morgan fingerprint density at radius 1 is 1.25 bits per heavy atom. The number of thioether (sulfide) groups is 1. The minimum atomic E-state index is 0.0307. The van der Waals surface area contributed by atoms with Gasteiger partial charge in [-0.05, 0) is 33.2 Å². The van der Waals surface area contributed by atoms with Crippen LogP contribution >= 0.6 is 11.8 Å². The van der Waals surface area contributed by atoms with Gasteiger partial charge in [-0.25, -0.2) is 4.68 Å². The molecule has 0 aliphatic heterocycles. The molecule has 0 saturated carbocycles. The lowest BCUT2D eigenvalue weighted by atomic mass is 10.3. The van der Waals surface area contributed by atoms with Crippen molar-refractivity contribution in [2.75, 3.05) is 26.4 Å². The fraction of sp³-hybridized carbons (Fsp3) is 0.400. The van der Waals surface area contributed by atoms with E-state index in [2.05, 4.69) is 24.1 Å². The van der Waals surface area contributed by atoms with Gasteiger partial charge in [-0.15, -0.1) is 11.8 Å². The van der Waals surface area contributed by atoms with Crippen molar-refractivity contribution in [1.82, 2.24) is 14.7 Å². The van der Waals surface area contributed by atoms with Gasteiger partial charge in [0.25, 0.3) is 0 Å². The highest BCUT2D eigenvalue weighted by Gasteiger charge is 2.16. The maximum Gasteiger partial charge on any atom is 0.106 e. The Bertz CT molecular complexity index is 552. The first kappa shape index (κ1) is 15.1. The van der Waals surface area contributed by atoms with Crippen LogP contribution in [0, 0.1) is 6.92 Å². The van der Waals surface area contributed by atoms with Crippen LogP contribution in [0.1, 0.15) is 11.3 Å². The number of aryl methyl sites for hydroxylation is 1. The number of nitrogens with zero attached hydrogens (tertiary/aromatic N) is 3. The van der Waals surface area contributed by atoms with Gasteiger partial charge in [0.15, 0.2) is 0 Å². The summed E-state index contributed by atoms with van der Waals surface area (Å²) in [6, 6.07) is 10.1. The smallest absolute Gasteiger partial charge is 0.106 e. The number of hydrogen-bond donors (Lipinski definition) is 1. The number of para-hydroxylation sites is 1. The van der Waals surface area contributed by atoms with Crippen molar-refractivity contribution < 1.29 is 5.11 Å². The van der Waals surface area contributed by atoms with E-state index in [1.165, 1.54) is 0 Å². The van der Waals surface area contributed by atoms with Crippen molar-refractivity contribution in [3.63, 3.8) is 0 Å². The second-order valence-electron chi connectivity index (χ2n) is 4.93. The van der Waals surface area contributed by atoms with E-state index >= 15 is 0 Å². The number of hydrogen-bond acceptors (Lipinski definition) is 4. The number of aromatic nitrogens is 2. The molecule has 20 heavy (non-hydrogen) atoms. The third-order valence-corrected chi connectivity index (χ3v) is 4.15. The Morgan fingerprint density at radius 2 is 1.95 bits per heavy atom. The molecule has 0 amide bonds. The van der Waals surface area contributed by atoms with E-state index in [1.54, 1.807) is 11.8 Å². The zero-order valence-electron chi connectivity index (χ0n) is 12.2. The summed E-state index contributed by atoms with van der Waals surface area (Å²) >= 11 is 1.74. The van der Waals surface area contributed by atoms with Gasteiger partial charge in [-0.3, -0.25) is 0 Å². The van der Waals surface area contributed by atoms with E-state index in [-0.39, 0.29) is 6.61 Å². The molecular formula is C15H21N3OS. The van der Waals surface area contributed by atoms with Crippen molar-refractivity contribution in [1.29, 1.82) is 0 Å². The van der Waals surface area contributed by atoms with Crippen LogP contribution in [0.2, 0.25) is 0 Å². The molecule has 1 aromatic heterocycles. The summed E-state index contributed by atoms with van der Waals surface area (Å²) in [5.41, 5.74) is 2.85. The molecule has 0 fully saturated rings. The molecule has 0 unspecified atom stereocenters. The molecule has 0 aliphatic rings. The quantitative estimate of drug-likeness (QED) is 0.829. The van der Waals surface area contributed by atoms with Gasteiger partial charge in [0.1, 0.15) is 5.03 Å². The fourth-order valence-electron chi connectivity index (χ4n) is 1.94. The molecule has 4 nitrogen and oxygen atoms in total. The maximum atomic E-state index is 9.59. The molecule has 0 aliphatic carbocycles. The van der Waals surface area contributed by atoms with Crippen molar-refractivity contribution >= 4 is 11.8 Å². The summed E-state index contributed by atoms with van der Waals surface area (Å²) < 4.78 is 1.93. The summed E-state index contributed by atoms with van der Waals surface area (Å²) in [6.07, 6.45) is 0. The van der Waals surface area contributed by atoms with Crippen LogP contribution in [-0.4, -0.2) is 46.2 Å². The Hall–Kier alpha value is -1.30. The second-order valence-corrected chi connectivity index (χ2v) is 6.01. The molecule has 1 heterocycles. The largest absolute Gasteiger partial charge is 0.392 e. The minimum Gasteiger partial charge on any atom is -0.392 e. The second kappa shape index (κ2) is 6.92. The van der Waals surface area contributed by atoms with Crippen molar-refractivity contribution in [2.24, 2.45) is 0 Å². The van der Waals surface area contributed by atoms with E-state index in [9.17, 15) is 5.11 Å². The summed E-state index contributed by atoms with van der Waals surface area (Å²) in [5.74, 6) is 0.970. The van der Waals surface area contributed by atoms with Gasteiger partial charge in [-0.1, -0.05) is 18.2 Å². The van der Waals surface area contributed by atoms with Crippen molar-refractivity contribution in [2.45, 2.75) is 18.6 Å². The molecule has 2 aromatic rings. The lowest BCUT2D eigenvalue weighted by molar-refractivity contribution is 0.278.